The third kappa shape index (κ3) is 4.06. The fourth-order valence-electron chi connectivity index (χ4n) is 4.51. The van der Waals surface area contributed by atoms with Crippen molar-refractivity contribution in [2.24, 2.45) is 5.73 Å². The van der Waals surface area contributed by atoms with Crippen molar-refractivity contribution in [3.05, 3.63) is 36.0 Å². The van der Waals surface area contributed by atoms with Gasteiger partial charge in [-0.3, -0.25) is 4.79 Å². The maximum Gasteiger partial charge on any atom is 0.324 e. The Balaban J connectivity index is 2.72. The second-order valence-electron chi connectivity index (χ2n) is 7.92. The number of rotatable bonds is 12. The number of aliphatic carboxylic acids is 1. The summed E-state index contributed by atoms with van der Waals surface area (Å²) in [5, 5.41) is 11.4. The first-order chi connectivity index (χ1) is 13.0. The standard InChI is InChI=1S/C23H36N2O2/c1-4-7-14-22(15-8-5-2,23(24,21(26)27)16-9-6-3)19-17-25-20-13-11-10-12-18(19)20/h10-13,17,25H,4-9,14-16,24H2,1-3H3,(H,26,27)/t23-/m1/s1. The summed E-state index contributed by atoms with van der Waals surface area (Å²) in [6.45, 7) is 6.41. The van der Waals surface area contributed by atoms with E-state index in [0.29, 0.717) is 6.42 Å². The van der Waals surface area contributed by atoms with Crippen LogP contribution in [0.3, 0.4) is 0 Å². The second-order valence-corrected chi connectivity index (χ2v) is 7.92. The van der Waals surface area contributed by atoms with Crippen LogP contribution in [0.15, 0.2) is 30.5 Å². The predicted octanol–water partition coefficient (Wildman–Crippen LogP) is 5.76. The number of hydrogen-bond donors (Lipinski definition) is 3. The molecule has 4 heteroatoms. The SMILES string of the molecule is CCCCC(CCCC)(c1c[nH]c2ccccc12)[C@@](N)(CCCC)C(=O)O. The van der Waals surface area contributed by atoms with Crippen LogP contribution in [-0.4, -0.2) is 21.6 Å². The van der Waals surface area contributed by atoms with Crippen LogP contribution < -0.4 is 5.73 Å². The van der Waals surface area contributed by atoms with Gasteiger partial charge in [0, 0.05) is 22.5 Å². The molecule has 150 valence electrons. The summed E-state index contributed by atoms with van der Waals surface area (Å²) in [4.78, 5) is 16.0. The molecule has 2 aromatic rings. The summed E-state index contributed by atoms with van der Waals surface area (Å²) < 4.78 is 0. The van der Waals surface area contributed by atoms with E-state index < -0.39 is 16.9 Å². The largest absolute Gasteiger partial charge is 0.480 e. The van der Waals surface area contributed by atoms with Gasteiger partial charge in [0.1, 0.15) is 5.54 Å². The van der Waals surface area contributed by atoms with Gasteiger partial charge in [-0.1, -0.05) is 77.5 Å². The number of benzene rings is 1. The van der Waals surface area contributed by atoms with Crippen LogP contribution >= 0.6 is 0 Å². The van der Waals surface area contributed by atoms with Crippen molar-refractivity contribution in [1.82, 2.24) is 4.98 Å². The maximum absolute atomic E-state index is 12.6. The molecule has 4 nitrogen and oxygen atoms in total. The number of carboxylic acid groups (broad SMARTS) is 1. The molecule has 27 heavy (non-hydrogen) atoms. The van der Waals surface area contributed by atoms with Crippen molar-refractivity contribution in [3.63, 3.8) is 0 Å². The molecule has 0 saturated carbocycles. The number of carbonyl (C=O) groups is 1. The van der Waals surface area contributed by atoms with Gasteiger partial charge >= 0.3 is 5.97 Å². The second kappa shape index (κ2) is 9.41. The number of nitrogens with two attached hydrogens (primary N) is 1. The normalized spacial score (nSPS) is 14.4. The van der Waals surface area contributed by atoms with Gasteiger partial charge in [-0.25, -0.2) is 0 Å². The lowest BCUT2D eigenvalue weighted by atomic mass is 9.58. The zero-order chi connectivity index (χ0) is 19.9. The average molecular weight is 373 g/mol. The fourth-order valence-corrected chi connectivity index (χ4v) is 4.51. The van der Waals surface area contributed by atoms with E-state index in [9.17, 15) is 9.90 Å². The molecule has 1 aromatic heterocycles. The molecule has 0 amide bonds. The minimum Gasteiger partial charge on any atom is -0.480 e. The number of hydrogen-bond acceptors (Lipinski definition) is 2. The molecule has 1 heterocycles. The highest BCUT2D eigenvalue weighted by atomic mass is 16.4. The number of nitrogens with one attached hydrogen (secondary N) is 1. The number of fused-ring (bicyclic) bond motifs is 1. The Morgan fingerprint density at radius 1 is 1.00 bits per heavy atom. The Bertz CT molecular complexity index is 729. The molecule has 0 unspecified atom stereocenters. The lowest BCUT2D eigenvalue weighted by Gasteiger charge is -2.47. The molecule has 0 spiro atoms. The van der Waals surface area contributed by atoms with Crippen LogP contribution in [0.5, 0.6) is 0 Å². The van der Waals surface area contributed by atoms with Crippen molar-refractivity contribution < 1.29 is 9.90 Å². The van der Waals surface area contributed by atoms with Gasteiger partial charge in [0.2, 0.25) is 0 Å². The predicted molar refractivity (Wildman–Crippen MR) is 113 cm³/mol. The van der Waals surface area contributed by atoms with E-state index >= 15 is 0 Å². The van der Waals surface area contributed by atoms with Gasteiger partial charge in [-0.15, -0.1) is 0 Å². The summed E-state index contributed by atoms with van der Waals surface area (Å²) in [5.41, 5.74) is 7.15. The zero-order valence-corrected chi connectivity index (χ0v) is 17.2. The van der Waals surface area contributed by atoms with Crippen LogP contribution in [0, 0.1) is 0 Å². The van der Waals surface area contributed by atoms with E-state index in [1.54, 1.807) is 0 Å². The highest BCUT2D eigenvalue weighted by Crippen LogP contribution is 2.48. The van der Waals surface area contributed by atoms with Crippen LogP contribution in [-0.2, 0) is 10.2 Å². The zero-order valence-electron chi connectivity index (χ0n) is 17.2. The summed E-state index contributed by atoms with van der Waals surface area (Å²) in [5.74, 6) is -0.867. The van der Waals surface area contributed by atoms with E-state index in [4.69, 9.17) is 5.73 Å². The monoisotopic (exact) mass is 372 g/mol. The first-order valence-electron chi connectivity index (χ1n) is 10.6. The molecule has 0 radical (unpaired) electrons. The molecule has 1 atom stereocenters. The molecular weight excluding hydrogens is 336 g/mol. The summed E-state index contributed by atoms with van der Waals surface area (Å²) in [6, 6.07) is 8.17. The van der Waals surface area contributed by atoms with Gasteiger partial charge in [0.25, 0.3) is 0 Å². The molecule has 0 bridgehead atoms. The van der Waals surface area contributed by atoms with Gasteiger partial charge in [0.05, 0.1) is 0 Å². The Morgan fingerprint density at radius 3 is 2.11 bits per heavy atom. The molecule has 1 aromatic carbocycles. The molecule has 0 aliphatic carbocycles. The topological polar surface area (TPSA) is 79.1 Å². The van der Waals surface area contributed by atoms with Gasteiger partial charge in [-0.2, -0.15) is 0 Å². The van der Waals surface area contributed by atoms with Crippen LogP contribution in [0.4, 0.5) is 0 Å². The van der Waals surface area contributed by atoms with Crippen molar-refractivity contribution in [2.75, 3.05) is 0 Å². The van der Waals surface area contributed by atoms with Crippen LogP contribution in [0.2, 0.25) is 0 Å². The molecule has 0 aliphatic rings. The lowest BCUT2D eigenvalue weighted by Crippen LogP contribution is -2.63. The number of unbranched alkanes of at least 4 members (excludes halogenated alkanes) is 3. The minimum atomic E-state index is -1.27. The Kier molecular flexibility index (Phi) is 7.49. The highest BCUT2D eigenvalue weighted by Gasteiger charge is 2.54. The number of aromatic amines is 1. The quantitative estimate of drug-likeness (QED) is 0.443. The minimum absolute atomic E-state index is 0.506. The Labute approximate surface area is 163 Å². The van der Waals surface area contributed by atoms with Crippen molar-refractivity contribution in [1.29, 1.82) is 0 Å². The van der Waals surface area contributed by atoms with Gasteiger partial charge < -0.3 is 15.8 Å². The highest BCUT2D eigenvalue weighted by molar-refractivity contribution is 5.88. The van der Waals surface area contributed by atoms with Crippen molar-refractivity contribution in [2.45, 2.75) is 89.5 Å². The third-order valence-corrected chi connectivity index (χ3v) is 6.18. The number of carboxylic acids is 1. The van der Waals surface area contributed by atoms with Crippen LogP contribution in [0.1, 0.15) is 84.1 Å². The van der Waals surface area contributed by atoms with Gasteiger partial charge in [-0.05, 0) is 30.9 Å². The molecule has 4 N–H and O–H groups in total. The van der Waals surface area contributed by atoms with E-state index in [1.165, 1.54) is 0 Å². The van der Waals surface area contributed by atoms with Crippen LogP contribution in [0.25, 0.3) is 10.9 Å². The van der Waals surface area contributed by atoms with E-state index in [2.05, 4.69) is 31.8 Å². The smallest absolute Gasteiger partial charge is 0.324 e. The molecule has 2 rings (SSSR count). The lowest BCUT2D eigenvalue weighted by molar-refractivity contribution is -0.147. The van der Waals surface area contributed by atoms with E-state index in [-0.39, 0.29) is 0 Å². The fraction of sp³-hybridized carbons (Fsp3) is 0.609. The Morgan fingerprint density at radius 2 is 1.56 bits per heavy atom. The molecule has 0 fully saturated rings. The molecule has 0 aliphatic heterocycles. The maximum atomic E-state index is 12.6. The molecule has 0 saturated heterocycles. The summed E-state index contributed by atoms with van der Waals surface area (Å²) >= 11 is 0. The molecular formula is C23H36N2O2. The summed E-state index contributed by atoms with van der Waals surface area (Å²) in [7, 11) is 0. The average Bonchev–Trinajstić information content (AvgIpc) is 3.11. The van der Waals surface area contributed by atoms with Crippen molar-refractivity contribution in [3.8, 4) is 0 Å². The Hall–Kier alpha value is -1.81. The first kappa shape index (κ1) is 21.5. The summed E-state index contributed by atoms with van der Waals surface area (Å²) in [6.07, 6.45) is 9.90. The van der Waals surface area contributed by atoms with E-state index in [1.807, 2.05) is 24.4 Å². The number of H-pyrrole nitrogens is 1. The van der Waals surface area contributed by atoms with Gasteiger partial charge in [0.15, 0.2) is 0 Å². The third-order valence-electron chi connectivity index (χ3n) is 6.18. The number of aromatic nitrogens is 1. The van der Waals surface area contributed by atoms with Crippen molar-refractivity contribution >= 4 is 16.9 Å². The first-order valence-corrected chi connectivity index (χ1v) is 10.6. The number of para-hydroxylation sites is 1. The van der Waals surface area contributed by atoms with E-state index in [0.717, 1.165) is 67.8 Å².